The van der Waals surface area contributed by atoms with Crippen LogP contribution in [0.25, 0.3) is 11.0 Å². The second-order valence-electron chi connectivity index (χ2n) is 5.12. The first kappa shape index (κ1) is 16.8. The molecule has 1 aromatic heterocycles. The number of amides is 1. The van der Waals surface area contributed by atoms with Gasteiger partial charge in [-0.3, -0.25) is 10.1 Å². The molecule has 3 rings (SSSR count). The fourth-order valence-electron chi connectivity index (χ4n) is 2.34. The lowest BCUT2D eigenvalue weighted by atomic mass is 10.1. The van der Waals surface area contributed by atoms with Crippen LogP contribution in [0.3, 0.4) is 0 Å². The number of thiocarbonyl (C=S) groups is 1. The van der Waals surface area contributed by atoms with Crippen LogP contribution in [0.2, 0.25) is 10.0 Å². The highest BCUT2D eigenvalue weighted by atomic mass is 35.5. The maximum absolute atomic E-state index is 12.4. The summed E-state index contributed by atoms with van der Waals surface area (Å²) in [5.41, 5.74) is 2.00. The van der Waals surface area contributed by atoms with Gasteiger partial charge in [0.25, 0.3) is 5.91 Å². The second-order valence-corrected chi connectivity index (χ2v) is 6.40. The molecular formula is C17H12Cl2N2O2S. The van der Waals surface area contributed by atoms with Crippen molar-refractivity contribution in [2.45, 2.75) is 6.92 Å². The van der Waals surface area contributed by atoms with Gasteiger partial charge in [0.1, 0.15) is 5.58 Å². The number of carbonyl (C=O) groups is 1. The molecule has 0 bridgehead atoms. The highest BCUT2D eigenvalue weighted by molar-refractivity contribution is 7.80. The van der Waals surface area contributed by atoms with E-state index in [4.69, 9.17) is 39.8 Å². The summed E-state index contributed by atoms with van der Waals surface area (Å²) >= 11 is 17.0. The molecule has 0 atom stereocenters. The minimum Gasteiger partial charge on any atom is -0.451 e. The minimum atomic E-state index is -0.422. The lowest BCUT2D eigenvalue weighted by Gasteiger charge is -2.09. The summed E-state index contributed by atoms with van der Waals surface area (Å²) in [6, 6.07) is 12.4. The number of furan rings is 1. The fraction of sp³-hybridized carbons (Fsp3) is 0.0588. The normalized spacial score (nSPS) is 10.6. The summed E-state index contributed by atoms with van der Waals surface area (Å²) in [6.07, 6.45) is 0. The largest absolute Gasteiger partial charge is 0.451 e. The zero-order valence-electron chi connectivity index (χ0n) is 12.5. The SMILES string of the molecule is Cc1c(C(=O)NC(=S)Nc2cc(Cl)cc(Cl)c2)oc2ccccc12. The molecule has 2 aromatic carbocycles. The van der Waals surface area contributed by atoms with Crippen molar-refractivity contribution in [2.75, 3.05) is 5.32 Å². The topological polar surface area (TPSA) is 54.3 Å². The van der Waals surface area contributed by atoms with E-state index in [-0.39, 0.29) is 10.9 Å². The van der Waals surface area contributed by atoms with Crippen molar-refractivity contribution in [2.24, 2.45) is 0 Å². The van der Waals surface area contributed by atoms with Crippen LogP contribution in [0.5, 0.6) is 0 Å². The standard InChI is InChI=1S/C17H12Cl2N2O2S/c1-9-13-4-2-3-5-14(13)23-15(9)16(22)21-17(24)20-12-7-10(18)6-11(19)8-12/h2-8H,1H3,(H2,20,21,22,24). The first-order chi connectivity index (χ1) is 11.4. The van der Waals surface area contributed by atoms with Crippen molar-refractivity contribution >= 4 is 63.1 Å². The number of anilines is 1. The minimum absolute atomic E-state index is 0.123. The number of para-hydroxylation sites is 1. The summed E-state index contributed by atoms with van der Waals surface area (Å²) in [6.45, 7) is 1.83. The molecule has 0 saturated heterocycles. The highest BCUT2D eigenvalue weighted by Gasteiger charge is 2.18. The average Bonchev–Trinajstić information content (AvgIpc) is 2.84. The Morgan fingerprint density at radius 3 is 2.46 bits per heavy atom. The van der Waals surface area contributed by atoms with E-state index < -0.39 is 5.91 Å². The Bertz CT molecular complexity index is 933. The van der Waals surface area contributed by atoms with E-state index in [9.17, 15) is 4.79 Å². The van der Waals surface area contributed by atoms with Gasteiger partial charge in [-0.05, 0) is 43.4 Å². The van der Waals surface area contributed by atoms with E-state index in [0.29, 0.717) is 21.3 Å². The van der Waals surface area contributed by atoms with Gasteiger partial charge < -0.3 is 9.73 Å². The molecule has 0 aliphatic heterocycles. The van der Waals surface area contributed by atoms with Crippen molar-refractivity contribution in [3.05, 3.63) is 63.8 Å². The summed E-state index contributed by atoms with van der Waals surface area (Å²) in [7, 11) is 0. The van der Waals surface area contributed by atoms with Gasteiger partial charge in [0, 0.05) is 26.7 Å². The van der Waals surface area contributed by atoms with Crippen LogP contribution in [0.1, 0.15) is 16.1 Å². The van der Waals surface area contributed by atoms with Gasteiger partial charge in [0.15, 0.2) is 10.9 Å². The molecule has 3 aromatic rings. The second kappa shape index (κ2) is 6.81. The van der Waals surface area contributed by atoms with Crippen LogP contribution in [0.15, 0.2) is 46.9 Å². The van der Waals surface area contributed by atoms with E-state index in [0.717, 1.165) is 10.9 Å². The summed E-state index contributed by atoms with van der Waals surface area (Å²) in [4.78, 5) is 12.4. The van der Waals surface area contributed by atoms with Gasteiger partial charge in [-0.1, -0.05) is 41.4 Å². The van der Waals surface area contributed by atoms with E-state index in [1.54, 1.807) is 18.2 Å². The average molecular weight is 379 g/mol. The summed E-state index contributed by atoms with van der Waals surface area (Å²) in [5, 5.41) is 7.40. The molecule has 24 heavy (non-hydrogen) atoms. The van der Waals surface area contributed by atoms with Crippen molar-refractivity contribution in [3.63, 3.8) is 0 Å². The molecule has 0 aliphatic carbocycles. The molecule has 0 unspecified atom stereocenters. The first-order valence-electron chi connectivity index (χ1n) is 7.00. The summed E-state index contributed by atoms with van der Waals surface area (Å²) < 4.78 is 5.61. The number of hydrogen-bond donors (Lipinski definition) is 2. The Morgan fingerprint density at radius 1 is 1.12 bits per heavy atom. The van der Waals surface area contributed by atoms with Crippen LogP contribution >= 0.6 is 35.4 Å². The first-order valence-corrected chi connectivity index (χ1v) is 8.17. The van der Waals surface area contributed by atoms with Gasteiger partial charge in [-0.25, -0.2) is 0 Å². The van der Waals surface area contributed by atoms with Crippen molar-refractivity contribution in [3.8, 4) is 0 Å². The smallest absolute Gasteiger partial charge is 0.293 e. The Balaban J connectivity index is 1.76. The number of benzene rings is 2. The van der Waals surface area contributed by atoms with Gasteiger partial charge in [-0.15, -0.1) is 0 Å². The van der Waals surface area contributed by atoms with E-state index in [2.05, 4.69) is 10.6 Å². The number of carbonyl (C=O) groups excluding carboxylic acids is 1. The van der Waals surface area contributed by atoms with Gasteiger partial charge in [0.2, 0.25) is 0 Å². The molecule has 0 saturated carbocycles. The number of rotatable bonds is 2. The number of fused-ring (bicyclic) bond motifs is 1. The van der Waals surface area contributed by atoms with Gasteiger partial charge >= 0.3 is 0 Å². The molecule has 4 nitrogen and oxygen atoms in total. The maximum atomic E-state index is 12.4. The van der Waals surface area contributed by atoms with Crippen LogP contribution in [0.4, 0.5) is 5.69 Å². The zero-order valence-corrected chi connectivity index (χ0v) is 14.9. The highest BCUT2D eigenvalue weighted by Crippen LogP contribution is 2.25. The fourth-order valence-corrected chi connectivity index (χ4v) is 3.08. The predicted molar refractivity (Wildman–Crippen MR) is 101 cm³/mol. The molecule has 0 radical (unpaired) electrons. The molecule has 0 fully saturated rings. The van der Waals surface area contributed by atoms with Gasteiger partial charge in [0.05, 0.1) is 0 Å². The van der Waals surface area contributed by atoms with E-state index in [1.165, 1.54) is 0 Å². The number of hydrogen-bond acceptors (Lipinski definition) is 3. The van der Waals surface area contributed by atoms with E-state index in [1.807, 2.05) is 31.2 Å². The predicted octanol–water partition coefficient (Wildman–Crippen LogP) is 5.17. The number of halogens is 2. The Morgan fingerprint density at radius 2 is 1.79 bits per heavy atom. The maximum Gasteiger partial charge on any atom is 0.293 e. The quantitative estimate of drug-likeness (QED) is 0.603. The number of nitrogens with one attached hydrogen (secondary N) is 2. The molecule has 0 aliphatic rings. The number of aryl methyl sites for hydroxylation is 1. The monoisotopic (exact) mass is 378 g/mol. The Kier molecular flexibility index (Phi) is 4.76. The summed E-state index contributed by atoms with van der Waals surface area (Å²) in [5.74, 6) is -0.196. The van der Waals surface area contributed by atoms with Crippen molar-refractivity contribution in [1.29, 1.82) is 0 Å². The Hall–Kier alpha value is -2.08. The molecule has 7 heteroatoms. The van der Waals surface area contributed by atoms with Crippen molar-refractivity contribution in [1.82, 2.24) is 5.32 Å². The molecule has 1 heterocycles. The molecule has 2 N–H and O–H groups in total. The van der Waals surface area contributed by atoms with Crippen molar-refractivity contribution < 1.29 is 9.21 Å². The van der Waals surface area contributed by atoms with Crippen LogP contribution < -0.4 is 10.6 Å². The Labute approximate surface area is 153 Å². The lowest BCUT2D eigenvalue weighted by Crippen LogP contribution is -2.34. The third-order valence-corrected chi connectivity index (χ3v) is 4.04. The zero-order chi connectivity index (χ0) is 17.3. The molecular weight excluding hydrogens is 367 g/mol. The van der Waals surface area contributed by atoms with Gasteiger partial charge in [-0.2, -0.15) is 0 Å². The van der Waals surface area contributed by atoms with Crippen LogP contribution in [-0.4, -0.2) is 11.0 Å². The lowest BCUT2D eigenvalue weighted by molar-refractivity contribution is 0.0952. The third-order valence-electron chi connectivity index (χ3n) is 3.40. The molecule has 1 amide bonds. The van der Waals surface area contributed by atoms with Crippen LogP contribution in [0, 0.1) is 6.92 Å². The molecule has 0 spiro atoms. The van der Waals surface area contributed by atoms with E-state index >= 15 is 0 Å². The molecule has 122 valence electrons. The third kappa shape index (κ3) is 3.53. The van der Waals surface area contributed by atoms with Crippen LogP contribution in [-0.2, 0) is 0 Å².